The van der Waals surface area contributed by atoms with Gasteiger partial charge in [-0.3, -0.25) is 0 Å². The summed E-state index contributed by atoms with van der Waals surface area (Å²) >= 11 is 0. The largest absolute Gasteiger partial charge is 0.385 e. The molecule has 2 unspecified atom stereocenters. The van der Waals surface area contributed by atoms with Crippen molar-refractivity contribution in [1.82, 2.24) is 4.31 Å². The second kappa shape index (κ2) is 8.46. The van der Waals surface area contributed by atoms with E-state index in [2.05, 4.69) is 6.92 Å². The molecule has 0 aliphatic heterocycles. The van der Waals surface area contributed by atoms with Crippen molar-refractivity contribution in [2.24, 2.45) is 11.7 Å². The van der Waals surface area contributed by atoms with Gasteiger partial charge in [0.25, 0.3) is 0 Å². The zero-order valence-corrected chi connectivity index (χ0v) is 14.6. The average Bonchev–Trinajstić information content (AvgIpc) is 2.44. The monoisotopic (exact) mass is 320 g/mol. The summed E-state index contributed by atoms with van der Waals surface area (Å²) in [5.74, 6) is 0.688. The summed E-state index contributed by atoms with van der Waals surface area (Å²) in [7, 11) is -1.68. The summed E-state index contributed by atoms with van der Waals surface area (Å²) in [5.41, 5.74) is 5.68. The summed E-state index contributed by atoms with van der Waals surface area (Å²) in [6, 6.07) is 0. The fraction of sp³-hybridized carbons (Fsp3) is 1.00. The van der Waals surface area contributed by atoms with Crippen LogP contribution in [0.5, 0.6) is 0 Å². The van der Waals surface area contributed by atoms with Crippen LogP contribution in [0.15, 0.2) is 0 Å². The molecule has 1 aliphatic rings. The Kier molecular flexibility index (Phi) is 7.60. The fourth-order valence-corrected chi connectivity index (χ4v) is 5.51. The van der Waals surface area contributed by atoms with Crippen molar-refractivity contribution in [1.29, 1.82) is 0 Å². The number of hydrogen-bond acceptors (Lipinski definition) is 4. The molecular formula is C15H32N2O3S. The molecule has 1 saturated carbocycles. The molecule has 1 rings (SSSR count). The SMILES string of the molecule is CCCN(C1(CN)CCCC(C)C1)S(=O)(=O)CCCOC. The first kappa shape index (κ1) is 18.9. The van der Waals surface area contributed by atoms with Gasteiger partial charge in [0, 0.05) is 32.3 Å². The lowest BCUT2D eigenvalue weighted by atomic mass is 9.76. The van der Waals surface area contributed by atoms with Crippen LogP contribution in [-0.2, 0) is 14.8 Å². The highest BCUT2D eigenvalue weighted by Crippen LogP contribution is 2.38. The van der Waals surface area contributed by atoms with E-state index in [9.17, 15) is 8.42 Å². The quantitative estimate of drug-likeness (QED) is 0.659. The molecular weight excluding hydrogens is 288 g/mol. The highest BCUT2D eigenvalue weighted by atomic mass is 32.2. The van der Waals surface area contributed by atoms with E-state index in [0.717, 1.165) is 25.7 Å². The molecule has 0 amide bonds. The average molecular weight is 320 g/mol. The van der Waals surface area contributed by atoms with Crippen LogP contribution in [0.2, 0.25) is 0 Å². The van der Waals surface area contributed by atoms with Gasteiger partial charge in [0.05, 0.1) is 5.75 Å². The summed E-state index contributed by atoms with van der Waals surface area (Å²) in [4.78, 5) is 0. The highest BCUT2D eigenvalue weighted by molar-refractivity contribution is 7.89. The Hall–Kier alpha value is -0.170. The Balaban J connectivity index is 2.96. The van der Waals surface area contributed by atoms with Crippen LogP contribution in [0.1, 0.15) is 52.4 Å². The molecule has 0 spiro atoms. The van der Waals surface area contributed by atoms with Gasteiger partial charge in [0.15, 0.2) is 0 Å². The molecule has 0 aromatic heterocycles. The maximum absolute atomic E-state index is 12.8. The van der Waals surface area contributed by atoms with Crippen molar-refractivity contribution >= 4 is 10.0 Å². The van der Waals surface area contributed by atoms with Crippen molar-refractivity contribution in [3.05, 3.63) is 0 Å². The van der Waals surface area contributed by atoms with Crippen molar-refractivity contribution in [3.8, 4) is 0 Å². The molecule has 0 radical (unpaired) electrons. The Bertz CT molecular complexity index is 400. The number of hydrogen-bond donors (Lipinski definition) is 1. The number of nitrogens with two attached hydrogens (primary N) is 1. The van der Waals surface area contributed by atoms with E-state index in [4.69, 9.17) is 10.5 Å². The van der Waals surface area contributed by atoms with Crippen LogP contribution in [0.4, 0.5) is 0 Å². The van der Waals surface area contributed by atoms with Crippen LogP contribution in [0.3, 0.4) is 0 Å². The first-order chi connectivity index (χ1) is 9.91. The molecule has 1 aliphatic carbocycles. The van der Waals surface area contributed by atoms with Gasteiger partial charge in [0.2, 0.25) is 10.0 Å². The lowest BCUT2D eigenvalue weighted by molar-refractivity contribution is 0.108. The minimum atomic E-state index is -3.28. The number of rotatable bonds is 9. The van der Waals surface area contributed by atoms with E-state index in [1.54, 1.807) is 11.4 Å². The Labute approximate surface area is 130 Å². The number of methoxy groups -OCH3 is 1. The second-order valence-corrected chi connectivity index (χ2v) is 8.38. The molecule has 2 atom stereocenters. The molecule has 126 valence electrons. The minimum Gasteiger partial charge on any atom is -0.385 e. The third-order valence-corrected chi connectivity index (χ3v) is 6.54. The first-order valence-electron chi connectivity index (χ1n) is 8.11. The molecule has 0 saturated heterocycles. The highest BCUT2D eigenvalue weighted by Gasteiger charge is 2.44. The second-order valence-electron chi connectivity index (χ2n) is 6.36. The topological polar surface area (TPSA) is 72.6 Å². The maximum atomic E-state index is 12.8. The van der Waals surface area contributed by atoms with E-state index in [1.165, 1.54) is 6.42 Å². The Morgan fingerprint density at radius 1 is 1.43 bits per heavy atom. The molecule has 6 heteroatoms. The van der Waals surface area contributed by atoms with E-state index in [-0.39, 0.29) is 11.3 Å². The van der Waals surface area contributed by atoms with E-state index < -0.39 is 10.0 Å². The lowest BCUT2D eigenvalue weighted by Gasteiger charge is -2.46. The van der Waals surface area contributed by atoms with Crippen LogP contribution in [0.25, 0.3) is 0 Å². The lowest BCUT2D eigenvalue weighted by Crippen LogP contribution is -2.58. The molecule has 0 aromatic rings. The molecule has 0 aromatic carbocycles. The normalized spacial score (nSPS) is 27.2. The van der Waals surface area contributed by atoms with Crippen molar-refractivity contribution in [3.63, 3.8) is 0 Å². The number of nitrogens with zero attached hydrogens (tertiary/aromatic N) is 1. The van der Waals surface area contributed by atoms with Gasteiger partial charge < -0.3 is 10.5 Å². The summed E-state index contributed by atoms with van der Waals surface area (Å²) in [6.45, 7) is 5.69. The minimum absolute atomic E-state index is 0.150. The molecule has 0 bridgehead atoms. The third-order valence-electron chi connectivity index (χ3n) is 4.49. The zero-order chi connectivity index (χ0) is 15.9. The predicted molar refractivity (Wildman–Crippen MR) is 86.7 cm³/mol. The summed E-state index contributed by atoms with van der Waals surface area (Å²) < 4.78 is 32.3. The Morgan fingerprint density at radius 3 is 2.67 bits per heavy atom. The smallest absolute Gasteiger partial charge is 0.214 e. The fourth-order valence-electron chi connectivity index (χ4n) is 3.52. The van der Waals surface area contributed by atoms with E-state index in [1.807, 2.05) is 6.92 Å². The standard InChI is InChI=1S/C15H32N2O3S/c1-4-9-17(21(18,19)11-6-10-20-3)15(13-16)8-5-7-14(2)12-15/h14H,4-13,16H2,1-3H3. The Morgan fingerprint density at radius 2 is 2.14 bits per heavy atom. The summed E-state index contributed by atoms with van der Waals surface area (Å²) in [5, 5.41) is 0. The molecule has 2 N–H and O–H groups in total. The van der Waals surface area contributed by atoms with E-state index in [0.29, 0.717) is 32.0 Å². The van der Waals surface area contributed by atoms with Gasteiger partial charge in [-0.1, -0.05) is 26.7 Å². The number of sulfonamides is 1. The van der Waals surface area contributed by atoms with E-state index >= 15 is 0 Å². The zero-order valence-electron chi connectivity index (χ0n) is 13.8. The van der Waals surface area contributed by atoms with Crippen LogP contribution in [0, 0.1) is 5.92 Å². The van der Waals surface area contributed by atoms with Gasteiger partial charge >= 0.3 is 0 Å². The number of ether oxygens (including phenoxy) is 1. The van der Waals surface area contributed by atoms with Crippen LogP contribution in [-0.4, -0.2) is 50.8 Å². The first-order valence-corrected chi connectivity index (χ1v) is 9.72. The van der Waals surface area contributed by atoms with Gasteiger partial charge in [-0.05, 0) is 31.6 Å². The van der Waals surface area contributed by atoms with Crippen molar-refractivity contribution in [2.45, 2.75) is 57.9 Å². The molecule has 21 heavy (non-hydrogen) atoms. The van der Waals surface area contributed by atoms with Crippen LogP contribution < -0.4 is 5.73 Å². The molecule has 5 nitrogen and oxygen atoms in total. The van der Waals surface area contributed by atoms with Gasteiger partial charge in [-0.2, -0.15) is 4.31 Å². The third kappa shape index (κ3) is 4.91. The molecule has 0 heterocycles. The molecule has 1 fully saturated rings. The van der Waals surface area contributed by atoms with Gasteiger partial charge in [0.1, 0.15) is 0 Å². The van der Waals surface area contributed by atoms with Gasteiger partial charge in [-0.15, -0.1) is 0 Å². The van der Waals surface area contributed by atoms with Crippen molar-refractivity contribution in [2.75, 3.05) is 32.6 Å². The summed E-state index contributed by atoms with van der Waals surface area (Å²) in [6.07, 6.45) is 5.36. The van der Waals surface area contributed by atoms with Gasteiger partial charge in [-0.25, -0.2) is 8.42 Å². The maximum Gasteiger partial charge on any atom is 0.214 e. The predicted octanol–water partition coefficient (Wildman–Crippen LogP) is 1.97. The van der Waals surface area contributed by atoms with Crippen LogP contribution >= 0.6 is 0 Å². The van der Waals surface area contributed by atoms with Crippen molar-refractivity contribution < 1.29 is 13.2 Å².